The van der Waals surface area contributed by atoms with E-state index < -0.39 is 35.3 Å². The molecule has 142 valence electrons. The molecule has 0 saturated carbocycles. The van der Waals surface area contributed by atoms with Gasteiger partial charge in [0.15, 0.2) is 12.7 Å². The molecule has 1 N–H and O–H groups in total. The molecule has 2 aromatic carbocycles. The lowest BCUT2D eigenvalue weighted by Gasteiger charge is -2.14. The van der Waals surface area contributed by atoms with Crippen molar-refractivity contribution in [3.05, 3.63) is 64.0 Å². The summed E-state index contributed by atoms with van der Waals surface area (Å²) >= 11 is 0. The first-order valence-corrected chi connectivity index (χ1v) is 7.90. The molecule has 0 aliphatic rings. The molecular weight excluding hydrogens is 359 g/mol. The van der Waals surface area contributed by atoms with Gasteiger partial charge in [0, 0.05) is 17.8 Å². The Bertz CT molecular complexity index is 853. The molecule has 9 heteroatoms. The second-order valence-electron chi connectivity index (χ2n) is 5.63. The number of nitrogens with zero attached hydrogens (tertiary/aromatic N) is 1. The molecule has 0 bridgehead atoms. The Hall–Kier alpha value is -3.49. The molecule has 0 aromatic heterocycles. The Morgan fingerprint density at radius 3 is 2.48 bits per heavy atom. The molecule has 27 heavy (non-hydrogen) atoms. The molecule has 0 heterocycles. The standard InChI is InChI=1S/C18H17FN2O6/c1-11-9-14(21(24)25)5-8-16(11)20-17(22)10-26-18(23)12(2)27-15-6-3-13(19)4-7-15/h3-9,12H,10H2,1-2H3,(H,20,22)/t12-/m1/s1. The summed E-state index contributed by atoms with van der Waals surface area (Å²) in [6.07, 6.45) is -0.996. The average Bonchev–Trinajstić information content (AvgIpc) is 2.63. The number of carbonyl (C=O) groups excluding carboxylic acids is 2. The van der Waals surface area contributed by atoms with E-state index in [1.54, 1.807) is 6.92 Å². The van der Waals surface area contributed by atoms with Crippen LogP contribution in [0.25, 0.3) is 0 Å². The minimum Gasteiger partial charge on any atom is -0.479 e. The molecule has 0 unspecified atom stereocenters. The third-order valence-electron chi connectivity index (χ3n) is 3.50. The molecule has 1 atom stereocenters. The van der Waals surface area contributed by atoms with Crippen LogP contribution in [0.1, 0.15) is 12.5 Å². The van der Waals surface area contributed by atoms with Gasteiger partial charge in [-0.2, -0.15) is 0 Å². The summed E-state index contributed by atoms with van der Waals surface area (Å²) < 4.78 is 23.0. The van der Waals surface area contributed by atoms with Gasteiger partial charge >= 0.3 is 5.97 Å². The summed E-state index contributed by atoms with van der Waals surface area (Å²) in [4.78, 5) is 34.0. The fraction of sp³-hybridized carbons (Fsp3) is 0.222. The lowest BCUT2D eigenvalue weighted by Crippen LogP contribution is -2.29. The predicted octanol–water partition coefficient (Wildman–Crippen LogP) is 2.99. The van der Waals surface area contributed by atoms with Crippen molar-refractivity contribution in [2.45, 2.75) is 20.0 Å². The molecule has 0 aliphatic heterocycles. The molecule has 0 saturated heterocycles. The number of aryl methyl sites for hydroxylation is 1. The second kappa shape index (κ2) is 8.75. The van der Waals surface area contributed by atoms with Gasteiger partial charge in [0.2, 0.25) is 0 Å². The smallest absolute Gasteiger partial charge is 0.347 e. The molecule has 0 spiro atoms. The normalized spacial score (nSPS) is 11.4. The van der Waals surface area contributed by atoms with Gasteiger partial charge in [-0.25, -0.2) is 9.18 Å². The Morgan fingerprint density at radius 2 is 1.89 bits per heavy atom. The van der Waals surface area contributed by atoms with Crippen LogP contribution >= 0.6 is 0 Å². The number of esters is 1. The van der Waals surface area contributed by atoms with E-state index in [-0.39, 0.29) is 11.4 Å². The van der Waals surface area contributed by atoms with E-state index in [4.69, 9.17) is 9.47 Å². The number of halogens is 1. The van der Waals surface area contributed by atoms with Crippen LogP contribution in [0.2, 0.25) is 0 Å². The number of hydrogen-bond donors (Lipinski definition) is 1. The zero-order valence-corrected chi connectivity index (χ0v) is 14.6. The number of carbonyl (C=O) groups is 2. The maximum Gasteiger partial charge on any atom is 0.347 e. The van der Waals surface area contributed by atoms with Gasteiger partial charge in [-0.15, -0.1) is 0 Å². The minimum atomic E-state index is -0.996. The van der Waals surface area contributed by atoms with Crippen molar-refractivity contribution in [2.75, 3.05) is 11.9 Å². The van der Waals surface area contributed by atoms with E-state index in [9.17, 15) is 24.1 Å². The van der Waals surface area contributed by atoms with Gasteiger partial charge in [-0.1, -0.05) is 0 Å². The summed E-state index contributed by atoms with van der Waals surface area (Å²) in [7, 11) is 0. The number of nitro groups is 1. The minimum absolute atomic E-state index is 0.0938. The molecule has 2 aromatic rings. The number of nitrogens with one attached hydrogen (secondary N) is 1. The molecule has 0 radical (unpaired) electrons. The number of rotatable bonds is 7. The van der Waals surface area contributed by atoms with Crippen molar-refractivity contribution in [3.63, 3.8) is 0 Å². The van der Waals surface area contributed by atoms with Crippen LogP contribution in [0.15, 0.2) is 42.5 Å². The zero-order valence-electron chi connectivity index (χ0n) is 14.6. The van der Waals surface area contributed by atoms with Crippen molar-refractivity contribution in [1.82, 2.24) is 0 Å². The third-order valence-corrected chi connectivity index (χ3v) is 3.50. The lowest BCUT2D eigenvalue weighted by atomic mass is 10.2. The number of anilines is 1. The fourth-order valence-corrected chi connectivity index (χ4v) is 2.11. The summed E-state index contributed by atoms with van der Waals surface area (Å²) in [5.74, 6) is -1.52. The monoisotopic (exact) mass is 376 g/mol. The molecular formula is C18H17FN2O6. The van der Waals surface area contributed by atoms with Gasteiger partial charge in [0.05, 0.1) is 4.92 Å². The Balaban J connectivity index is 1.84. The van der Waals surface area contributed by atoms with Crippen molar-refractivity contribution < 1.29 is 28.4 Å². The summed E-state index contributed by atoms with van der Waals surface area (Å²) in [6, 6.07) is 9.08. The van der Waals surface area contributed by atoms with E-state index in [2.05, 4.69) is 5.32 Å². The molecule has 8 nitrogen and oxygen atoms in total. The number of ether oxygens (including phenoxy) is 2. The highest BCUT2D eigenvalue weighted by Crippen LogP contribution is 2.21. The van der Waals surface area contributed by atoms with Gasteiger partial charge in [-0.3, -0.25) is 14.9 Å². The number of benzene rings is 2. The lowest BCUT2D eigenvalue weighted by molar-refractivity contribution is -0.384. The SMILES string of the molecule is Cc1cc([N+](=O)[O-])ccc1NC(=O)COC(=O)[C@@H](C)Oc1ccc(F)cc1. The predicted molar refractivity (Wildman–Crippen MR) is 93.9 cm³/mol. The van der Waals surface area contributed by atoms with Crippen molar-refractivity contribution in [3.8, 4) is 5.75 Å². The van der Waals surface area contributed by atoms with E-state index in [0.29, 0.717) is 11.3 Å². The highest BCUT2D eigenvalue weighted by molar-refractivity contribution is 5.93. The number of amides is 1. The maximum absolute atomic E-state index is 12.8. The van der Waals surface area contributed by atoms with Gasteiger partial charge in [-0.05, 0) is 49.7 Å². The van der Waals surface area contributed by atoms with E-state index >= 15 is 0 Å². The zero-order chi connectivity index (χ0) is 20.0. The maximum atomic E-state index is 12.8. The van der Waals surface area contributed by atoms with Crippen LogP contribution in [-0.4, -0.2) is 29.5 Å². The number of nitro benzene ring substituents is 1. The van der Waals surface area contributed by atoms with E-state index in [1.165, 1.54) is 49.4 Å². The average molecular weight is 376 g/mol. The highest BCUT2D eigenvalue weighted by Gasteiger charge is 2.18. The summed E-state index contributed by atoms with van der Waals surface area (Å²) in [5.41, 5.74) is 0.776. The fourth-order valence-electron chi connectivity index (χ4n) is 2.11. The first-order valence-electron chi connectivity index (χ1n) is 7.90. The quantitative estimate of drug-likeness (QED) is 0.452. The van der Waals surface area contributed by atoms with E-state index in [1.807, 2.05) is 0 Å². The molecule has 0 aliphatic carbocycles. The van der Waals surface area contributed by atoms with Crippen LogP contribution in [0, 0.1) is 22.9 Å². The first-order chi connectivity index (χ1) is 12.8. The van der Waals surface area contributed by atoms with Crippen LogP contribution in [0.4, 0.5) is 15.8 Å². The summed E-state index contributed by atoms with van der Waals surface area (Å²) in [6.45, 7) is 2.49. The Morgan fingerprint density at radius 1 is 1.22 bits per heavy atom. The van der Waals surface area contributed by atoms with Crippen molar-refractivity contribution in [2.24, 2.45) is 0 Å². The summed E-state index contributed by atoms with van der Waals surface area (Å²) in [5, 5.41) is 13.2. The molecule has 1 amide bonds. The van der Waals surface area contributed by atoms with E-state index in [0.717, 1.165) is 0 Å². The van der Waals surface area contributed by atoms with Crippen molar-refractivity contribution in [1.29, 1.82) is 0 Å². The second-order valence-corrected chi connectivity index (χ2v) is 5.63. The number of hydrogen-bond acceptors (Lipinski definition) is 6. The van der Waals surface area contributed by atoms with Crippen LogP contribution in [-0.2, 0) is 14.3 Å². The highest BCUT2D eigenvalue weighted by atomic mass is 19.1. The Labute approximate surface area is 154 Å². The topological polar surface area (TPSA) is 108 Å². The molecule has 0 fully saturated rings. The van der Waals surface area contributed by atoms with Gasteiger partial charge in [0.1, 0.15) is 11.6 Å². The van der Waals surface area contributed by atoms with Crippen LogP contribution < -0.4 is 10.1 Å². The largest absolute Gasteiger partial charge is 0.479 e. The van der Waals surface area contributed by atoms with Crippen LogP contribution in [0.3, 0.4) is 0 Å². The first kappa shape index (κ1) is 19.8. The third kappa shape index (κ3) is 5.77. The van der Waals surface area contributed by atoms with Crippen LogP contribution in [0.5, 0.6) is 5.75 Å². The molecule has 2 rings (SSSR count). The number of non-ortho nitro benzene ring substituents is 1. The van der Waals surface area contributed by atoms with Crippen molar-refractivity contribution >= 4 is 23.3 Å². The van der Waals surface area contributed by atoms with Gasteiger partial charge < -0.3 is 14.8 Å². The van der Waals surface area contributed by atoms with Gasteiger partial charge in [0.25, 0.3) is 11.6 Å². The Kier molecular flexibility index (Phi) is 6.42.